The van der Waals surface area contributed by atoms with E-state index in [4.69, 9.17) is 10.5 Å². The predicted molar refractivity (Wildman–Crippen MR) is 58.7 cm³/mol. The highest BCUT2D eigenvalue weighted by molar-refractivity contribution is 9.10. The molecule has 0 aliphatic carbocycles. The fourth-order valence-corrected chi connectivity index (χ4v) is 1.59. The first-order valence-corrected chi connectivity index (χ1v) is 5.27. The molecule has 0 bridgehead atoms. The van der Waals surface area contributed by atoms with Crippen LogP contribution in [0.5, 0.6) is 0 Å². The molecule has 0 atom stereocenters. The molecule has 6 heteroatoms. The number of hydrogen-bond acceptors (Lipinski definition) is 4. The highest BCUT2D eigenvalue weighted by Gasteiger charge is 2.20. The Morgan fingerprint density at radius 1 is 1.60 bits per heavy atom. The first kappa shape index (κ1) is 10.4. The van der Waals surface area contributed by atoms with Crippen molar-refractivity contribution in [2.45, 2.75) is 6.04 Å². The second kappa shape index (κ2) is 4.16. The van der Waals surface area contributed by atoms with Gasteiger partial charge in [0.1, 0.15) is 4.60 Å². The summed E-state index contributed by atoms with van der Waals surface area (Å²) >= 11 is 3.19. The van der Waals surface area contributed by atoms with Crippen LogP contribution >= 0.6 is 15.9 Å². The van der Waals surface area contributed by atoms with Gasteiger partial charge in [0.15, 0.2) is 5.69 Å². The third-order valence-electron chi connectivity index (χ3n) is 2.09. The molecule has 80 valence electrons. The van der Waals surface area contributed by atoms with E-state index in [0.29, 0.717) is 23.5 Å². The van der Waals surface area contributed by atoms with Crippen LogP contribution in [0.4, 0.5) is 5.69 Å². The Balaban J connectivity index is 2.23. The normalized spacial score (nSPS) is 15.8. The monoisotopic (exact) mass is 271 g/mol. The minimum Gasteiger partial charge on any atom is -0.377 e. The zero-order valence-electron chi connectivity index (χ0n) is 7.87. The molecule has 3 N–H and O–H groups in total. The summed E-state index contributed by atoms with van der Waals surface area (Å²) in [7, 11) is 0. The summed E-state index contributed by atoms with van der Waals surface area (Å²) in [5, 5.41) is 3.15. The molecule has 2 rings (SSSR count). The number of nitrogens with zero attached hydrogens (tertiary/aromatic N) is 1. The third kappa shape index (κ3) is 2.27. The number of anilines is 1. The van der Waals surface area contributed by atoms with Crippen LogP contribution in [0.3, 0.4) is 0 Å². The molecule has 0 aromatic carbocycles. The van der Waals surface area contributed by atoms with Crippen LogP contribution in [-0.2, 0) is 4.74 Å². The van der Waals surface area contributed by atoms with Crippen molar-refractivity contribution in [1.29, 1.82) is 0 Å². The Labute approximate surface area is 95.1 Å². The van der Waals surface area contributed by atoms with Crippen molar-refractivity contribution in [3.05, 3.63) is 22.4 Å². The average molecular weight is 272 g/mol. The Morgan fingerprint density at radius 3 is 2.87 bits per heavy atom. The Bertz CT molecular complexity index is 393. The van der Waals surface area contributed by atoms with E-state index < -0.39 is 5.91 Å². The number of carbonyl (C=O) groups excluding carboxylic acids is 1. The maximum absolute atomic E-state index is 11.1. The summed E-state index contributed by atoms with van der Waals surface area (Å²) in [5.74, 6) is -0.543. The van der Waals surface area contributed by atoms with E-state index in [1.807, 2.05) is 0 Å². The fraction of sp³-hybridized carbons (Fsp3) is 0.333. The number of aromatic nitrogens is 1. The second-order valence-electron chi connectivity index (χ2n) is 3.27. The Kier molecular flexibility index (Phi) is 2.88. The van der Waals surface area contributed by atoms with Crippen LogP contribution in [0, 0.1) is 0 Å². The molecule has 1 saturated heterocycles. The molecule has 2 heterocycles. The third-order valence-corrected chi connectivity index (χ3v) is 2.53. The SMILES string of the molecule is NC(=O)c1nc(Br)ccc1NC1COC1. The van der Waals surface area contributed by atoms with Gasteiger partial charge in [-0.1, -0.05) is 0 Å². The van der Waals surface area contributed by atoms with Crippen LogP contribution in [0.1, 0.15) is 10.5 Å². The second-order valence-corrected chi connectivity index (χ2v) is 4.09. The number of rotatable bonds is 3. The Morgan fingerprint density at radius 2 is 2.33 bits per heavy atom. The lowest BCUT2D eigenvalue weighted by Crippen LogP contribution is -2.40. The minimum atomic E-state index is -0.543. The Hall–Kier alpha value is -1.14. The van der Waals surface area contributed by atoms with E-state index in [-0.39, 0.29) is 11.7 Å². The first-order valence-electron chi connectivity index (χ1n) is 4.47. The zero-order valence-corrected chi connectivity index (χ0v) is 9.45. The van der Waals surface area contributed by atoms with Crippen molar-refractivity contribution in [2.24, 2.45) is 5.73 Å². The van der Waals surface area contributed by atoms with Gasteiger partial charge >= 0.3 is 0 Å². The standard InChI is InChI=1S/C9H10BrN3O2/c10-7-2-1-6(8(13-7)9(11)14)12-5-3-15-4-5/h1-2,5,12H,3-4H2,(H2,11,14). The molecule has 1 amide bonds. The number of primary amides is 1. The maximum Gasteiger partial charge on any atom is 0.269 e. The average Bonchev–Trinajstić information content (AvgIpc) is 2.12. The van der Waals surface area contributed by atoms with Gasteiger partial charge in [0.2, 0.25) is 0 Å². The van der Waals surface area contributed by atoms with Crippen molar-refractivity contribution >= 4 is 27.5 Å². The number of nitrogens with one attached hydrogen (secondary N) is 1. The van der Waals surface area contributed by atoms with Gasteiger partial charge in [0.25, 0.3) is 5.91 Å². The zero-order chi connectivity index (χ0) is 10.8. The van der Waals surface area contributed by atoms with Gasteiger partial charge in [-0.15, -0.1) is 0 Å². The van der Waals surface area contributed by atoms with E-state index in [0.717, 1.165) is 0 Å². The van der Waals surface area contributed by atoms with Gasteiger partial charge in [-0.25, -0.2) is 4.98 Å². The van der Waals surface area contributed by atoms with Crippen molar-refractivity contribution in [2.75, 3.05) is 18.5 Å². The van der Waals surface area contributed by atoms with E-state index in [1.165, 1.54) is 0 Å². The van der Waals surface area contributed by atoms with Crippen LogP contribution in [0.15, 0.2) is 16.7 Å². The van der Waals surface area contributed by atoms with Gasteiger partial charge in [0, 0.05) is 0 Å². The lowest BCUT2D eigenvalue weighted by Gasteiger charge is -2.28. The topological polar surface area (TPSA) is 77.2 Å². The number of nitrogens with two attached hydrogens (primary N) is 1. The molecule has 0 radical (unpaired) electrons. The van der Waals surface area contributed by atoms with Crippen LogP contribution in [0.25, 0.3) is 0 Å². The van der Waals surface area contributed by atoms with Crippen molar-refractivity contribution in [3.63, 3.8) is 0 Å². The minimum absolute atomic E-state index is 0.242. The quantitative estimate of drug-likeness (QED) is 0.796. The number of hydrogen-bond donors (Lipinski definition) is 2. The van der Waals surface area contributed by atoms with E-state index >= 15 is 0 Å². The molecule has 0 unspecified atom stereocenters. The molecule has 1 aliphatic rings. The molecule has 0 saturated carbocycles. The summed E-state index contributed by atoms with van der Waals surface area (Å²) in [5.41, 5.74) is 6.12. The van der Waals surface area contributed by atoms with Gasteiger partial charge in [-0.05, 0) is 28.1 Å². The molecule has 1 aromatic heterocycles. The summed E-state index contributed by atoms with van der Waals surface area (Å²) in [4.78, 5) is 15.2. The highest BCUT2D eigenvalue weighted by atomic mass is 79.9. The molecule has 15 heavy (non-hydrogen) atoms. The molecule has 1 fully saturated rings. The summed E-state index contributed by atoms with van der Waals surface area (Å²) in [6, 6.07) is 3.77. The van der Waals surface area contributed by atoms with E-state index in [2.05, 4.69) is 26.2 Å². The molecule has 0 spiro atoms. The number of halogens is 1. The highest BCUT2D eigenvalue weighted by Crippen LogP contribution is 2.19. The fourth-order valence-electron chi connectivity index (χ4n) is 1.28. The molecular weight excluding hydrogens is 262 g/mol. The first-order chi connectivity index (χ1) is 7.16. The molecular formula is C9H10BrN3O2. The van der Waals surface area contributed by atoms with Crippen molar-refractivity contribution in [1.82, 2.24) is 4.98 Å². The smallest absolute Gasteiger partial charge is 0.269 e. The molecule has 5 nitrogen and oxygen atoms in total. The maximum atomic E-state index is 11.1. The largest absolute Gasteiger partial charge is 0.377 e. The van der Waals surface area contributed by atoms with Crippen LogP contribution in [0.2, 0.25) is 0 Å². The van der Waals surface area contributed by atoms with Gasteiger partial charge in [0.05, 0.1) is 24.9 Å². The lowest BCUT2D eigenvalue weighted by atomic mass is 10.2. The van der Waals surface area contributed by atoms with Gasteiger partial charge in [-0.3, -0.25) is 4.79 Å². The molecule has 1 aliphatic heterocycles. The van der Waals surface area contributed by atoms with Crippen LogP contribution in [-0.4, -0.2) is 30.1 Å². The van der Waals surface area contributed by atoms with Crippen LogP contribution < -0.4 is 11.1 Å². The number of amides is 1. The summed E-state index contributed by atoms with van der Waals surface area (Å²) < 4.78 is 5.61. The predicted octanol–water partition coefficient (Wildman–Crippen LogP) is 0.754. The summed E-state index contributed by atoms with van der Waals surface area (Å²) in [6.07, 6.45) is 0. The van der Waals surface area contributed by atoms with Crippen molar-refractivity contribution in [3.8, 4) is 0 Å². The number of pyridine rings is 1. The molecule has 1 aromatic rings. The summed E-state index contributed by atoms with van der Waals surface area (Å²) in [6.45, 7) is 1.29. The van der Waals surface area contributed by atoms with Gasteiger partial charge in [-0.2, -0.15) is 0 Å². The van der Waals surface area contributed by atoms with E-state index in [1.54, 1.807) is 12.1 Å². The number of carbonyl (C=O) groups is 1. The number of ether oxygens (including phenoxy) is 1. The lowest BCUT2D eigenvalue weighted by molar-refractivity contribution is 0.0210. The van der Waals surface area contributed by atoms with E-state index in [9.17, 15) is 4.79 Å². The van der Waals surface area contributed by atoms with Crippen molar-refractivity contribution < 1.29 is 9.53 Å². The van der Waals surface area contributed by atoms with Gasteiger partial charge < -0.3 is 15.8 Å².